The van der Waals surface area contributed by atoms with Gasteiger partial charge >= 0.3 is 5.97 Å². The van der Waals surface area contributed by atoms with Gasteiger partial charge in [-0.15, -0.1) is 11.3 Å². The Morgan fingerprint density at radius 2 is 2.24 bits per heavy atom. The van der Waals surface area contributed by atoms with Gasteiger partial charge in [0.1, 0.15) is 15.5 Å². The van der Waals surface area contributed by atoms with Gasteiger partial charge in [0, 0.05) is 13.0 Å². The SMILES string of the molecule is Cc1c(C(=O)OCC(C)C)sc2nc3n(c(=O)c12)CCC3. The molecule has 21 heavy (non-hydrogen) atoms. The first-order valence-electron chi connectivity index (χ1n) is 7.19. The third kappa shape index (κ3) is 2.37. The first kappa shape index (κ1) is 14.3. The molecule has 0 saturated heterocycles. The molecule has 112 valence electrons. The van der Waals surface area contributed by atoms with Crippen LogP contribution >= 0.6 is 11.3 Å². The molecule has 3 heterocycles. The molecule has 0 N–H and O–H groups in total. The van der Waals surface area contributed by atoms with Gasteiger partial charge in [-0.2, -0.15) is 0 Å². The zero-order valence-electron chi connectivity index (χ0n) is 12.4. The molecule has 2 aromatic heterocycles. The Morgan fingerprint density at radius 3 is 2.95 bits per heavy atom. The van der Waals surface area contributed by atoms with Crippen LogP contribution in [0.5, 0.6) is 0 Å². The van der Waals surface area contributed by atoms with Crippen molar-refractivity contribution in [3.8, 4) is 0 Å². The van der Waals surface area contributed by atoms with Crippen molar-refractivity contribution >= 4 is 27.5 Å². The summed E-state index contributed by atoms with van der Waals surface area (Å²) in [5.74, 6) is 0.765. The van der Waals surface area contributed by atoms with Crippen molar-refractivity contribution in [2.24, 2.45) is 5.92 Å². The highest BCUT2D eigenvalue weighted by Crippen LogP contribution is 2.29. The van der Waals surface area contributed by atoms with E-state index in [1.165, 1.54) is 11.3 Å². The van der Waals surface area contributed by atoms with Gasteiger partial charge < -0.3 is 4.74 Å². The molecule has 1 aliphatic rings. The number of fused-ring (bicyclic) bond motifs is 2. The van der Waals surface area contributed by atoms with Crippen LogP contribution in [0.1, 0.15) is 41.3 Å². The number of aryl methyl sites for hydroxylation is 2. The van der Waals surface area contributed by atoms with Gasteiger partial charge in [-0.3, -0.25) is 9.36 Å². The molecule has 0 aromatic carbocycles. The smallest absolute Gasteiger partial charge is 0.348 e. The second-order valence-corrected chi connectivity index (χ2v) is 6.82. The number of rotatable bonds is 3. The van der Waals surface area contributed by atoms with E-state index >= 15 is 0 Å². The summed E-state index contributed by atoms with van der Waals surface area (Å²) in [6.45, 7) is 6.89. The van der Waals surface area contributed by atoms with Crippen LogP contribution in [0.4, 0.5) is 0 Å². The molecule has 0 radical (unpaired) electrons. The summed E-state index contributed by atoms with van der Waals surface area (Å²) in [7, 11) is 0. The van der Waals surface area contributed by atoms with E-state index in [2.05, 4.69) is 4.98 Å². The first-order valence-corrected chi connectivity index (χ1v) is 8.00. The molecule has 2 aromatic rings. The number of ether oxygens (including phenoxy) is 1. The van der Waals surface area contributed by atoms with E-state index < -0.39 is 0 Å². The number of hydrogen-bond donors (Lipinski definition) is 0. The van der Waals surface area contributed by atoms with E-state index in [4.69, 9.17) is 4.74 Å². The van der Waals surface area contributed by atoms with Gasteiger partial charge in [0.2, 0.25) is 0 Å². The lowest BCUT2D eigenvalue weighted by Gasteiger charge is -2.06. The molecule has 6 heteroatoms. The number of hydrogen-bond acceptors (Lipinski definition) is 5. The average molecular weight is 306 g/mol. The number of esters is 1. The topological polar surface area (TPSA) is 61.2 Å². The van der Waals surface area contributed by atoms with Crippen LogP contribution in [0.15, 0.2) is 4.79 Å². The lowest BCUT2D eigenvalue weighted by Crippen LogP contribution is -2.20. The fourth-order valence-corrected chi connectivity index (χ4v) is 3.66. The average Bonchev–Trinajstić information content (AvgIpc) is 3.01. The largest absolute Gasteiger partial charge is 0.461 e. The number of aromatic nitrogens is 2. The second kappa shape index (κ2) is 5.26. The van der Waals surface area contributed by atoms with Gasteiger partial charge in [-0.05, 0) is 24.8 Å². The van der Waals surface area contributed by atoms with Crippen LogP contribution in [0, 0.1) is 12.8 Å². The summed E-state index contributed by atoms with van der Waals surface area (Å²) in [5.41, 5.74) is 0.674. The van der Waals surface area contributed by atoms with Crippen molar-refractivity contribution < 1.29 is 9.53 Å². The van der Waals surface area contributed by atoms with Crippen LogP contribution in [0.2, 0.25) is 0 Å². The number of nitrogens with zero attached hydrogens (tertiary/aromatic N) is 2. The van der Waals surface area contributed by atoms with Gasteiger partial charge in [0.25, 0.3) is 5.56 Å². The Balaban J connectivity index is 2.07. The van der Waals surface area contributed by atoms with E-state index in [9.17, 15) is 9.59 Å². The fraction of sp³-hybridized carbons (Fsp3) is 0.533. The van der Waals surface area contributed by atoms with Crippen LogP contribution in [0.3, 0.4) is 0 Å². The van der Waals surface area contributed by atoms with Gasteiger partial charge in [0.05, 0.1) is 12.0 Å². The summed E-state index contributed by atoms with van der Waals surface area (Å²) in [5, 5.41) is 0.571. The zero-order chi connectivity index (χ0) is 15.1. The molecule has 1 aliphatic heterocycles. The van der Waals surface area contributed by atoms with Crippen molar-refractivity contribution in [3.05, 3.63) is 26.6 Å². The standard InChI is InChI=1S/C15H18N2O3S/c1-8(2)7-20-15(19)12-9(3)11-13(21-12)16-10-5-4-6-17(10)14(11)18/h8H,4-7H2,1-3H3. The lowest BCUT2D eigenvalue weighted by molar-refractivity contribution is 0.0464. The minimum Gasteiger partial charge on any atom is -0.461 e. The summed E-state index contributed by atoms with van der Waals surface area (Å²) in [6.07, 6.45) is 1.79. The van der Waals surface area contributed by atoms with E-state index in [1.54, 1.807) is 11.5 Å². The minimum absolute atomic E-state index is 0.0239. The predicted octanol–water partition coefficient (Wildman–Crippen LogP) is 2.53. The van der Waals surface area contributed by atoms with Crippen molar-refractivity contribution in [3.63, 3.8) is 0 Å². The maximum absolute atomic E-state index is 12.5. The van der Waals surface area contributed by atoms with E-state index in [-0.39, 0.29) is 17.4 Å². The first-order chi connectivity index (χ1) is 9.99. The molecule has 0 atom stereocenters. The molecule has 0 unspecified atom stereocenters. The minimum atomic E-state index is -0.353. The second-order valence-electron chi connectivity index (χ2n) is 5.82. The zero-order valence-corrected chi connectivity index (χ0v) is 13.2. The number of thiophene rings is 1. The number of carbonyl (C=O) groups excluding carboxylic acids is 1. The molecule has 0 spiro atoms. The highest BCUT2D eigenvalue weighted by molar-refractivity contribution is 7.20. The van der Waals surface area contributed by atoms with Gasteiger partial charge in [0.15, 0.2) is 0 Å². The Morgan fingerprint density at radius 1 is 1.48 bits per heavy atom. The summed E-state index contributed by atoms with van der Waals surface area (Å²) < 4.78 is 7.00. The van der Waals surface area contributed by atoms with E-state index in [0.29, 0.717) is 27.3 Å². The monoisotopic (exact) mass is 306 g/mol. The highest BCUT2D eigenvalue weighted by Gasteiger charge is 2.23. The van der Waals surface area contributed by atoms with Crippen LogP contribution in [-0.2, 0) is 17.7 Å². The molecule has 0 bridgehead atoms. The summed E-state index contributed by atoms with van der Waals surface area (Å²) >= 11 is 1.26. The molecule has 0 amide bonds. The Bertz CT molecular complexity index is 773. The van der Waals surface area contributed by atoms with Crippen LogP contribution in [0.25, 0.3) is 10.2 Å². The molecule has 0 fully saturated rings. The summed E-state index contributed by atoms with van der Waals surface area (Å²) in [6, 6.07) is 0. The van der Waals surface area contributed by atoms with E-state index in [0.717, 1.165) is 25.2 Å². The molecule has 5 nitrogen and oxygen atoms in total. The third-order valence-electron chi connectivity index (χ3n) is 3.64. The Hall–Kier alpha value is -1.69. The Labute approximate surface area is 126 Å². The maximum Gasteiger partial charge on any atom is 0.348 e. The lowest BCUT2D eigenvalue weighted by atomic mass is 10.2. The van der Waals surface area contributed by atoms with Crippen molar-refractivity contribution in [2.45, 2.75) is 40.2 Å². The normalized spacial score (nSPS) is 13.9. The van der Waals surface area contributed by atoms with Crippen LogP contribution in [-0.4, -0.2) is 22.1 Å². The van der Waals surface area contributed by atoms with E-state index in [1.807, 2.05) is 13.8 Å². The van der Waals surface area contributed by atoms with Crippen molar-refractivity contribution in [1.82, 2.24) is 9.55 Å². The summed E-state index contributed by atoms with van der Waals surface area (Å²) in [4.78, 5) is 30.4. The maximum atomic E-state index is 12.5. The van der Waals surface area contributed by atoms with Crippen LogP contribution < -0.4 is 5.56 Å². The van der Waals surface area contributed by atoms with Crippen molar-refractivity contribution in [1.29, 1.82) is 0 Å². The third-order valence-corrected chi connectivity index (χ3v) is 4.81. The predicted molar refractivity (Wildman–Crippen MR) is 82.1 cm³/mol. The molecule has 3 rings (SSSR count). The number of carbonyl (C=O) groups is 1. The Kier molecular flexibility index (Phi) is 3.57. The van der Waals surface area contributed by atoms with Crippen molar-refractivity contribution in [2.75, 3.05) is 6.61 Å². The molecular weight excluding hydrogens is 288 g/mol. The highest BCUT2D eigenvalue weighted by atomic mass is 32.1. The van der Waals surface area contributed by atoms with Gasteiger partial charge in [-0.1, -0.05) is 13.8 Å². The van der Waals surface area contributed by atoms with Gasteiger partial charge in [-0.25, -0.2) is 9.78 Å². The fourth-order valence-electron chi connectivity index (χ4n) is 2.58. The molecule has 0 saturated carbocycles. The quantitative estimate of drug-likeness (QED) is 0.818. The molecular formula is C15H18N2O3S. The molecule has 0 aliphatic carbocycles.